The number of amides is 1. The van der Waals surface area contributed by atoms with E-state index in [1.165, 1.54) is 0 Å². The van der Waals surface area contributed by atoms with Crippen molar-refractivity contribution in [3.63, 3.8) is 0 Å². The minimum atomic E-state index is -4.73. The summed E-state index contributed by atoms with van der Waals surface area (Å²) in [6, 6.07) is 1.93. The Balaban J connectivity index is 1.90. The molecule has 0 bridgehead atoms. The summed E-state index contributed by atoms with van der Waals surface area (Å²) >= 11 is 0. The monoisotopic (exact) mass is 417 g/mol. The summed E-state index contributed by atoms with van der Waals surface area (Å²) in [5, 5.41) is 13.4. The fourth-order valence-electron chi connectivity index (χ4n) is 3.33. The average molecular weight is 417 g/mol. The summed E-state index contributed by atoms with van der Waals surface area (Å²) in [4.78, 5) is 35.7. The molecular weight excluding hydrogens is 395 g/mol. The lowest BCUT2D eigenvalue weighted by Crippen LogP contribution is -2.44. The largest absolute Gasteiger partial charge is 0.454 e. The highest BCUT2D eigenvalue weighted by Gasteiger charge is 2.33. The number of carbonyl (C=O) groups excluding carboxylic acids is 2. The quantitative estimate of drug-likeness (QED) is 0.434. The third-order valence-corrected chi connectivity index (χ3v) is 4.52. The van der Waals surface area contributed by atoms with Gasteiger partial charge in [0.15, 0.2) is 6.61 Å². The van der Waals surface area contributed by atoms with Crippen molar-refractivity contribution >= 4 is 23.3 Å². The van der Waals surface area contributed by atoms with E-state index in [2.05, 4.69) is 5.32 Å². The number of hydrogen-bond acceptors (Lipinski definition) is 6. The minimum absolute atomic E-state index is 0.259. The molecular formula is C18H22F3N3O5. The molecule has 2 atom stereocenters. The number of nitrogens with zero attached hydrogens (tertiary/aromatic N) is 2. The number of alkyl halides is 3. The van der Waals surface area contributed by atoms with Crippen molar-refractivity contribution < 1.29 is 32.4 Å². The van der Waals surface area contributed by atoms with E-state index in [4.69, 9.17) is 4.74 Å². The third-order valence-electron chi connectivity index (χ3n) is 4.52. The number of nitrogens with one attached hydrogen (secondary N) is 1. The van der Waals surface area contributed by atoms with Gasteiger partial charge in [-0.15, -0.1) is 0 Å². The molecule has 0 aliphatic carbocycles. The molecule has 1 aliphatic heterocycles. The van der Waals surface area contributed by atoms with E-state index in [0.29, 0.717) is 37.1 Å². The molecule has 160 valence electrons. The van der Waals surface area contributed by atoms with Crippen LogP contribution in [0.1, 0.15) is 25.8 Å². The predicted octanol–water partition coefficient (Wildman–Crippen LogP) is 3.07. The second-order valence-electron chi connectivity index (χ2n) is 7.25. The molecule has 0 saturated carbocycles. The zero-order valence-electron chi connectivity index (χ0n) is 16.0. The van der Waals surface area contributed by atoms with E-state index in [1.807, 2.05) is 13.8 Å². The van der Waals surface area contributed by atoms with Gasteiger partial charge in [0.25, 0.3) is 11.6 Å². The van der Waals surface area contributed by atoms with Crippen LogP contribution in [0.3, 0.4) is 0 Å². The smallest absolute Gasteiger partial charge is 0.416 e. The molecule has 2 rings (SSSR count). The summed E-state index contributed by atoms with van der Waals surface area (Å²) < 4.78 is 43.0. The third kappa shape index (κ3) is 6.33. The second-order valence-corrected chi connectivity index (χ2v) is 7.25. The minimum Gasteiger partial charge on any atom is -0.454 e. The van der Waals surface area contributed by atoms with Gasteiger partial charge in [-0.05, 0) is 30.4 Å². The molecule has 1 amide bonds. The molecule has 0 radical (unpaired) electrons. The lowest BCUT2D eigenvalue weighted by molar-refractivity contribution is -0.384. The van der Waals surface area contributed by atoms with Crippen LogP contribution in [0, 0.1) is 22.0 Å². The summed E-state index contributed by atoms with van der Waals surface area (Å²) in [7, 11) is 0. The Kier molecular flexibility index (Phi) is 7.04. The number of esters is 1. The van der Waals surface area contributed by atoms with Crippen LogP contribution in [-0.4, -0.2) is 47.9 Å². The van der Waals surface area contributed by atoms with E-state index in [9.17, 15) is 32.9 Å². The van der Waals surface area contributed by atoms with Gasteiger partial charge in [-0.25, -0.2) is 0 Å². The molecule has 1 N–H and O–H groups in total. The lowest BCUT2D eigenvalue weighted by atomic mass is 9.92. The van der Waals surface area contributed by atoms with Crippen LogP contribution in [0.5, 0.6) is 0 Å². The standard InChI is InChI=1S/C18H22F3N3O5/c1-11-5-12(2)9-23(8-11)16(25)10-29-17(26)7-22-14-4-3-13(18(19,20)21)6-15(14)24(27)28/h3-4,6,11-12,22H,5,7-10H2,1-2H3/t11-,12-/m0/s1. The number of ether oxygens (including phenoxy) is 1. The molecule has 11 heteroatoms. The van der Waals surface area contributed by atoms with Crippen LogP contribution in [-0.2, 0) is 20.5 Å². The Morgan fingerprint density at radius 1 is 1.28 bits per heavy atom. The van der Waals surface area contributed by atoms with Gasteiger partial charge in [0.05, 0.1) is 10.5 Å². The SMILES string of the molecule is C[C@H]1C[C@H](C)CN(C(=O)COC(=O)CNc2ccc(C(F)(F)F)cc2[N+](=O)[O-])C1. The van der Waals surface area contributed by atoms with Gasteiger partial charge in [-0.3, -0.25) is 19.7 Å². The van der Waals surface area contributed by atoms with Gasteiger partial charge in [0.1, 0.15) is 12.2 Å². The van der Waals surface area contributed by atoms with Crippen molar-refractivity contribution in [2.24, 2.45) is 11.8 Å². The molecule has 0 spiro atoms. The van der Waals surface area contributed by atoms with Gasteiger partial charge in [0, 0.05) is 19.2 Å². The van der Waals surface area contributed by atoms with Gasteiger partial charge in [-0.2, -0.15) is 13.2 Å². The number of benzene rings is 1. The first kappa shape index (κ1) is 22.4. The molecule has 1 aromatic rings. The average Bonchev–Trinajstić information content (AvgIpc) is 2.62. The summed E-state index contributed by atoms with van der Waals surface area (Å²) in [5.74, 6) is -0.497. The molecule has 0 unspecified atom stereocenters. The number of hydrogen-bond donors (Lipinski definition) is 1. The number of nitro groups is 1. The van der Waals surface area contributed by atoms with Gasteiger partial charge in [0.2, 0.25) is 0 Å². The number of nitro benzene ring substituents is 1. The van der Waals surface area contributed by atoms with Crippen LogP contribution in [0.25, 0.3) is 0 Å². The molecule has 8 nitrogen and oxygen atoms in total. The highest BCUT2D eigenvalue weighted by molar-refractivity contribution is 5.82. The number of halogens is 3. The summed E-state index contributed by atoms with van der Waals surface area (Å²) in [6.07, 6.45) is -3.72. The van der Waals surface area contributed by atoms with Crippen LogP contribution < -0.4 is 5.32 Å². The van der Waals surface area contributed by atoms with E-state index in [0.717, 1.165) is 12.5 Å². The molecule has 29 heavy (non-hydrogen) atoms. The molecule has 0 aromatic heterocycles. The fraction of sp³-hybridized carbons (Fsp3) is 0.556. The highest BCUT2D eigenvalue weighted by Crippen LogP contribution is 2.34. The molecule has 1 aromatic carbocycles. The van der Waals surface area contributed by atoms with Crippen LogP contribution in [0.4, 0.5) is 24.5 Å². The van der Waals surface area contributed by atoms with Crippen molar-refractivity contribution in [1.29, 1.82) is 0 Å². The number of piperidine rings is 1. The number of anilines is 1. The number of rotatable bonds is 6. The maximum atomic E-state index is 12.7. The normalized spacial score (nSPS) is 19.6. The Hall–Kier alpha value is -2.85. The predicted molar refractivity (Wildman–Crippen MR) is 97.1 cm³/mol. The van der Waals surface area contributed by atoms with E-state index in [1.54, 1.807) is 4.90 Å². The maximum Gasteiger partial charge on any atom is 0.416 e. The molecule has 1 heterocycles. The van der Waals surface area contributed by atoms with Gasteiger partial charge >= 0.3 is 12.1 Å². The van der Waals surface area contributed by atoms with Crippen molar-refractivity contribution in [3.05, 3.63) is 33.9 Å². The zero-order chi connectivity index (χ0) is 21.8. The Morgan fingerprint density at radius 3 is 2.45 bits per heavy atom. The van der Waals surface area contributed by atoms with E-state index >= 15 is 0 Å². The van der Waals surface area contributed by atoms with E-state index < -0.39 is 41.5 Å². The highest BCUT2D eigenvalue weighted by atomic mass is 19.4. The van der Waals surface area contributed by atoms with Crippen molar-refractivity contribution in [3.8, 4) is 0 Å². The van der Waals surface area contributed by atoms with Gasteiger partial charge < -0.3 is 15.0 Å². The van der Waals surface area contributed by atoms with E-state index in [-0.39, 0.29) is 11.6 Å². The maximum absolute atomic E-state index is 12.7. The Labute approximate surface area is 165 Å². The lowest BCUT2D eigenvalue weighted by Gasteiger charge is -2.34. The molecule has 1 fully saturated rings. The fourth-order valence-corrected chi connectivity index (χ4v) is 3.33. The van der Waals surface area contributed by atoms with Crippen molar-refractivity contribution in [1.82, 2.24) is 4.90 Å². The topological polar surface area (TPSA) is 102 Å². The molecule has 1 aliphatic rings. The molecule has 1 saturated heterocycles. The van der Waals surface area contributed by atoms with Crippen LogP contribution >= 0.6 is 0 Å². The Morgan fingerprint density at radius 2 is 1.90 bits per heavy atom. The first-order valence-electron chi connectivity index (χ1n) is 9.00. The number of likely N-dealkylation sites (tertiary alicyclic amines) is 1. The zero-order valence-corrected chi connectivity index (χ0v) is 16.0. The van der Waals surface area contributed by atoms with Crippen molar-refractivity contribution in [2.75, 3.05) is 31.6 Å². The van der Waals surface area contributed by atoms with Crippen molar-refractivity contribution in [2.45, 2.75) is 26.4 Å². The Bertz CT molecular complexity index is 774. The first-order chi connectivity index (χ1) is 13.5. The van der Waals surface area contributed by atoms with Crippen LogP contribution in [0.2, 0.25) is 0 Å². The van der Waals surface area contributed by atoms with Gasteiger partial charge in [-0.1, -0.05) is 13.8 Å². The first-order valence-corrected chi connectivity index (χ1v) is 9.00. The van der Waals surface area contributed by atoms with Crippen LogP contribution in [0.15, 0.2) is 18.2 Å². The summed E-state index contributed by atoms with van der Waals surface area (Å²) in [5.41, 5.74) is -2.25. The number of carbonyl (C=O) groups is 2. The second kappa shape index (κ2) is 9.10. The summed E-state index contributed by atoms with van der Waals surface area (Å²) in [6.45, 7) is 4.22.